The van der Waals surface area contributed by atoms with E-state index in [0.717, 1.165) is 43.6 Å². The van der Waals surface area contributed by atoms with Crippen molar-refractivity contribution in [2.24, 2.45) is 11.8 Å². The number of rotatable bonds is 8. The van der Waals surface area contributed by atoms with E-state index in [1.807, 2.05) is 0 Å². The maximum Gasteiger partial charge on any atom is 0.321 e. The Kier molecular flexibility index (Phi) is 7.93. The van der Waals surface area contributed by atoms with E-state index in [-0.39, 0.29) is 17.7 Å². The third-order valence-corrected chi connectivity index (χ3v) is 5.45. The van der Waals surface area contributed by atoms with Crippen molar-refractivity contribution < 1.29 is 13.4 Å². The molecule has 0 saturated heterocycles. The number of hydrogen-bond donors (Lipinski definition) is 0. The molecule has 0 radical (unpaired) electrons. The molecule has 0 unspecified atom stereocenters. The van der Waals surface area contributed by atoms with Gasteiger partial charge in [-0.2, -0.15) is 0 Å². The molecule has 23 heavy (non-hydrogen) atoms. The lowest BCUT2D eigenvalue weighted by Gasteiger charge is -2.26. The van der Waals surface area contributed by atoms with Gasteiger partial charge >= 0.3 is 5.97 Å². The van der Waals surface area contributed by atoms with Gasteiger partial charge in [0.1, 0.15) is 5.82 Å². The van der Waals surface area contributed by atoms with Crippen LogP contribution in [0.5, 0.6) is 0 Å². The van der Waals surface area contributed by atoms with E-state index in [0.29, 0.717) is 4.90 Å². The quantitative estimate of drug-likeness (QED) is 0.420. The summed E-state index contributed by atoms with van der Waals surface area (Å²) in [6.07, 6.45) is 10.6. The topological polar surface area (TPSA) is 26.3 Å². The van der Waals surface area contributed by atoms with Crippen LogP contribution in [0.25, 0.3) is 0 Å². The largest absolute Gasteiger partial charge is 0.386 e. The van der Waals surface area contributed by atoms with Crippen molar-refractivity contribution in [3.05, 3.63) is 30.1 Å². The number of carbonyl (C=O) groups is 1. The minimum absolute atomic E-state index is 0.0128. The molecule has 128 valence electrons. The fourth-order valence-electron chi connectivity index (χ4n) is 3.21. The number of carbonyl (C=O) groups excluding carboxylic acids is 1. The predicted octanol–water partition coefficient (Wildman–Crippen LogP) is 6.15. The highest BCUT2D eigenvalue weighted by Gasteiger charge is 2.27. The first-order valence-corrected chi connectivity index (χ1v) is 9.57. The molecule has 4 heteroatoms. The summed E-state index contributed by atoms with van der Waals surface area (Å²) in [6.45, 7) is 2.23. The first kappa shape index (κ1) is 18.3. The molecule has 2 nitrogen and oxygen atoms in total. The zero-order valence-corrected chi connectivity index (χ0v) is 14.7. The van der Waals surface area contributed by atoms with Crippen molar-refractivity contribution in [1.29, 1.82) is 0 Å². The summed E-state index contributed by atoms with van der Waals surface area (Å²) in [4.78, 5) is 12.5. The lowest BCUT2D eigenvalue weighted by Crippen LogP contribution is -2.22. The zero-order valence-electron chi connectivity index (χ0n) is 13.9. The summed E-state index contributed by atoms with van der Waals surface area (Å²) < 4.78 is 18.7. The van der Waals surface area contributed by atoms with E-state index in [2.05, 4.69) is 6.92 Å². The molecule has 0 amide bonds. The Labute approximate surface area is 143 Å². The van der Waals surface area contributed by atoms with Crippen LogP contribution in [-0.2, 0) is 8.98 Å². The van der Waals surface area contributed by atoms with Crippen LogP contribution in [0.3, 0.4) is 0 Å². The summed E-state index contributed by atoms with van der Waals surface area (Å²) >= 11 is 0.844. The van der Waals surface area contributed by atoms with Crippen LogP contribution < -0.4 is 0 Å². The van der Waals surface area contributed by atoms with E-state index in [9.17, 15) is 9.18 Å². The smallest absolute Gasteiger partial charge is 0.321 e. The first-order valence-electron chi connectivity index (χ1n) is 8.83. The molecule has 1 aromatic carbocycles. The highest BCUT2D eigenvalue weighted by Crippen LogP contribution is 2.34. The Bertz CT molecular complexity index is 484. The molecule has 1 saturated carbocycles. The number of halogens is 1. The molecule has 0 N–H and O–H groups in total. The Morgan fingerprint density at radius 3 is 2.61 bits per heavy atom. The second-order valence-electron chi connectivity index (χ2n) is 6.48. The van der Waals surface area contributed by atoms with Crippen molar-refractivity contribution in [2.45, 2.75) is 69.6 Å². The Morgan fingerprint density at radius 1 is 1.17 bits per heavy atom. The molecule has 0 aromatic heterocycles. The predicted molar refractivity (Wildman–Crippen MR) is 92.6 cm³/mol. The maximum atomic E-state index is 13.5. The van der Waals surface area contributed by atoms with E-state index < -0.39 is 0 Å². The van der Waals surface area contributed by atoms with Gasteiger partial charge in [0.2, 0.25) is 0 Å². The van der Waals surface area contributed by atoms with Gasteiger partial charge in [-0.1, -0.05) is 51.2 Å². The molecular formula is C19H27FO2S. The third kappa shape index (κ3) is 6.17. The van der Waals surface area contributed by atoms with Gasteiger partial charge < -0.3 is 4.18 Å². The van der Waals surface area contributed by atoms with Crippen molar-refractivity contribution in [2.75, 3.05) is 0 Å². The van der Waals surface area contributed by atoms with E-state index in [4.69, 9.17) is 4.18 Å². The normalized spacial score (nSPS) is 21.1. The molecule has 1 fully saturated rings. The summed E-state index contributed by atoms with van der Waals surface area (Å²) in [5.41, 5.74) is 0. The third-order valence-electron chi connectivity index (χ3n) is 4.70. The fourth-order valence-corrected chi connectivity index (χ4v) is 3.80. The van der Waals surface area contributed by atoms with Crippen molar-refractivity contribution in [1.82, 2.24) is 0 Å². The van der Waals surface area contributed by atoms with Gasteiger partial charge in [0, 0.05) is 0 Å². The first-order chi connectivity index (χ1) is 11.2. The van der Waals surface area contributed by atoms with Crippen LogP contribution in [0.4, 0.5) is 4.39 Å². The lowest BCUT2D eigenvalue weighted by atomic mass is 9.80. The molecule has 0 aliphatic heterocycles. The number of hydrogen-bond acceptors (Lipinski definition) is 3. The maximum absolute atomic E-state index is 13.5. The standard InChI is InChI=1S/C19H27FO2S/c1-2-3-4-5-8-15-11-13-16(14-12-15)19(21)22-23-18-10-7-6-9-17(18)20/h6-7,9-10,15-16H,2-5,8,11-14H2,1H3. The molecule has 0 spiro atoms. The summed E-state index contributed by atoms with van der Waals surface area (Å²) in [5.74, 6) is 0.222. The van der Waals surface area contributed by atoms with Crippen LogP contribution in [-0.4, -0.2) is 5.97 Å². The molecule has 2 rings (SSSR count). The van der Waals surface area contributed by atoms with Gasteiger partial charge in [0.05, 0.1) is 22.9 Å². The Balaban J connectivity index is 1.66. The van der Waals surface area contributed by atoms with Gasteiger partial charge in [-0.05, 0) is 43.7 Å². The van der Waals surface area contributed by atoms with Gasteiger partial charge in [0.25, 0.3) is 0 Å². The zero-order chi connectivity index (χ0) is 16.5. The monoisotopic (exact) mass is 338 g/mol. The van der Waals surface area contributed by atoms with Gasteiger partial charge in [-0.25, -0.2) is 4.39 Å². The second-order valence-corrected chi connectivity index (χ2v) is 7.26. The SMILES string of the molecule is CCCCCCC1CCC(C(=O)OSc2ccccc2F)CC1. The molecule has 1 aliphatic rings. The highest BCUT2D eigenvalue weighted by molar-refractivity contribution is 7.95. The van der Waals surface area contributed by atoms with Crippen LogP contribution in [0.2, 0.25) is 0 Å². The Morgan fingerprint density at radius 2 is 1.91 bits per heavy atom. The number of benzene rings is 1. The molecule has 1 aromatic rings. The van der Waals surface area contributed by atoms with Gasteiger partial charge in [0.15, 0.2) is 0 Å². The fraction of sp³-hybridized carbons (Fsp3) is 0.632. The van der Waals surface area contributed by atoms with Gasteiger partial charge in [-0.15, -0.1) is 0 Å². The minimum Gasteiger partial charge on any atom is -0.386 e. The van der Waals surface area contributed by atoms with Gasteiger partial charge in [-0.3, -0.25) is 4.79 Å². The minimum atomic E-state index is -0.346. The average molecular weight is 338 g/mol. The summed E-state index contributed by atoms with van der Waals surface area (Å²) in [6, 6.07) is 6.37. The van der Waals surface area contributed by atoms with E-state index in [1.165, 1.54) is 38.2 Å². The van der Waals surface area contributed by atoms with Crippen LogP contribution in [0.1, 0.15) is 64.7 Å². The van der Waals surface area contributed by atoms with E-state index in [1.54, 1.807) is 18.2 Å². The summed E-state index contributed by atoms with van der Waals surface area (Å²) in [7, 11) is 0. The number of unbranched alkanes of at least 4 members (excludes halogenated alkanes) is 3. The molecule has 1 aliphatic carbocycles. The van der Waals surface area contributed by atoms with Crippen LogP contribution >= 0.6 is 12.0 Å². The molecule has 0 bridgehead atoms. The van der Waals surface area contributed by atoms with Crippen molar-refractivity contribution >= 4 is 18.0 Å². The van der Waals surface area contributed by atoms with Crippen LogP contribution in [0.15, 0.2) is 29.2 Å². The van der Waals surface area contributed by atoms with E-state index >= 15 is 0 Å². The van der Waals surface area contributed by atoms with Crippen LogP contribution in [0, 0.1) is 17.7 Å². The Hall–Kier alpha value is -1.03. The van der Waals surface area contributed by atoms with Crippen molar-refractivity contribution in [3.8, 4) is 0 Å². The molecule has 0 heterocycles. The summed E-state index contributed by atoms with van der Waals surface area (Å²) in [5, 5.41) is 0. The molecule has 0 atom stereocenters. The second kappa shape index (κ2) is 9.96. The lowest BCUT2D eigenvalue weighted by molar-refractivity contribution is -0.138. The average Bonchev–Trinajstić information content (AvgIpc) is 2.58. The highest BCUT2D eigenvalue weighted by atomic mass is 32.2. The van der Waals surface area contributed by atoms with Crippen molar-refractivity contribution in [3.63, 3.8) is 0 Å². The molecular weight excluding hydrogens is 311 g/mol.